The van der Waals surface area contributed by atoms with Crippen LogP contribution >= 0.6 is 15.9 Å². The monoisotopic (exact) mass is 480 g/mol. The molecule has 0 aliphatic rings. The van der Waals surface area contributed by atoms with Crippen LogP contribution in [0.25, 0.3) is 0 Å². The van der Waals surface area contributed by atoms with Crippen LogP contribution in [0.5, 0.6) is 0 Å². The number of hydrogen-bond acceptors (Lipinski definition) is 4. The van der Waals surface area contributed by atoms with E-state index < -0.39 is 21.4 Å². The molecule has 0 N–H and O–H groups in total. The molecule has 29 heavy (non-hydrogen) atoms. The average molecular weight is 481 g/mol. The molecule has 2 aromatic carbocycles. The summed E-state index contributed by atoms with van der Waals surface area (Å²) in [5.74, 6) is -0.512. The van der Waals surface area contributed by atoms with Gasteiger partial charge in [0, 0.05) is 10.0 Å². The number of halogens is 2. The van der Waals surface area contributed by atoms with Gasteiger partial charge in [-0.25, -0.2) is 17.5 Å². The summed E-state index contributed by atoms with van der Waals surface area (Å²) in [5, 5.41) is 8.26. The molecule has 0 fully saturated rings. The molecule has 0 aliphatic heterocycles. The van der Waals surface area contributed by atoms with Gasteiger partial charge in [0.05, 0.1) is 29.9 Å². The van der Waals surface area contributed by atoms with Gasteiger partial charge in [0.25, 0.3) is 0 Å². The van der Waals surface area contributed by atoms with Gasteiger partial charge in [-0.15, -0.1) is 5.10 Å². The molecule has 0 bridgehead atoms. The Morgan fingerprint density at radius 3 is 2.45 bits per heavy atom. The molecule has 0 unspecified atom stereocenters. The highest BCUT2D eigenvalue weighted by Gasteiger charge is 2.36. The number of hydrogen-bond donors (Lipinski definition) is 0. The van der Waals surface area contributed by atoms with Crippen molar-refractivity contribution in [2.45, 2.75) is 44.3 Å². The zero-order valence-electron chi connectivity index (χ0n) is 16.4. The van der Waals surface area contributed by atoms with Gasteiger partial charge in [0.1, 0.15) is 5.82 Å². The molecule has 0 saturated carbocycles. The molecule has 0 aliphatic carbocycles. The Balaban J connectivity index is 1.89. The van der Waals surface area contributed by atoms with Crippen LogP contribution in [-0.2, 0) is 23.1 Å². The lowest BCUT2D eigenvalue weighted by molar-refractivity contribution is 0.240. The van der Waals surface area contributed by atoms with Crippen LogP contribution in [-0.4, -0.2) is 33.3 Å². The van der Waals surface area contributed by atoms with Crippen molar-refractivity contribution >= 4 is 26.0 Å². The van der Waals surface area contributed by atoms with Crippen LogP contribution in [0.1, 0.15) is 32.0 Å². The minimum atomic E-state index is -3.91. The number of nitrogens with zero attached hydrogens (tertiary/aromatic N) is 4. The third kappa shape index (κ3) is 5.09. The molecule has 0 spiro atoms. The van der Waals surface area contributed by atoms with E-state index in [1.165, 1.54) is 10.4 Å². The second-order valence-electron chi connectivity index (χ2n) is 7.65. The largest absolute Gasteiger partial charge is 0.248 e. The van der Waals surface area contributed by atoms with Crippen molar-refractivity contribution < 1.29 is 12.8 Å². The predicted molar refractivity (Wildman–Crippen MR) is 112 cm³/mol. The Morgan fingerprint density at radius 1 is 1.14 bits per heavy atom. The molecule has 9 heteroatoms. The molecule has 154 valence electrons. The van der Waals surface area contributed by atoms with Crippen molar-refractivity contribution in [1.29, 1.82) is 0 Å². The fourth-order valence-corrected chi connectivity index (χ4v) is 5.66. The maximum absolute atomic E-state index is 13.4. The van der Waals surface area contributed by atoms with Crippen LogP contribution < -0.4 is 0 Å². The molecule has 0 radical (unpaired) electrons. The Kier molecular flexibility index (Phi) is 6.21. The first-order chi connectivity index (χ1) is 13.6. The molecule has 6 nitrogen and oxygen atoms in total. The fourth-order valence-electron chi connectivity index (χ4n) is 2.89. The minimum Gasteiger partial charge on any atom is -0.248 e. The normalized spacial score (nSPS) is 12.5. The van der Waals surface area contributed by atoms with Crippen molar-refractivity contribution in [3.63, 3.8) is 0 Å². The summed E-state index contributed by atoms with van der Waals surface area (Å²) in [6.45, 7) is 5.99. The maximum atomic E-state index is 13.4. The van der Waals surface area contributed by atoms with Crippen LogP contribution in [0.15, 0.2) is 64.1 Å². The third-order valence-corrected chi connectivity index (χ3v) is 7.38. The van der Waals surface area contributed by atoms with Gasteiger partial charge in [-0.1, -0.05) is 35.5 Å². The van der Waals surface area contributed by atoms with Crippen molar-refractivity contribution in [2.24, 2.45) is 0 Å². The predicted octanol–water partition coefficient (Wildman–Crippen LogP) is 4.22. The summed E-state index contributed by atoms with van der Waals surface area (Å²) in [7, 11) is -3.91. The van der Waals surface area contributed by atoms with E-state index >= 15 is 0 Å². The maximum Gasteiger partial charge on any atom is 0.245 e. The first-order valence-electron chi connectivity index (χ1n) is 8.98. The number of sulfonamides is 1. The highest BCUT2D eigenvalue weighted by Crippen LogP contribution is 2.31. The van der Waals surface area contributed by atoms with Crippen molar-refractivity contribution in [3.05, 3.63) is 76.3 Å². The summed E-state index contributed by atoms with van der Waals surface area (Å²) in [6, 6.07) is 13.3. The summed E-state index contributed by atoms with van der Waals surface area (Å²) in [4.78, 5) is 0.00509. The fraction of sp³-hybridized carbons (Fsp3) is 0.300. The molecule has 1 aromatic heterocycles. The van der Waals surface area contributed by atoms with E-state index in [0.717, 1.165) is 17.7 Å². The Hall–Kier alpha value is -2.10. The smallest absolute Gasteiger partial charge is 0.245 e. The highest BCUT2D eigenvalue weighted by atomic mass is 79.9. The van der Waals surface area contributed by atoms with Crippen LogP contribution in [0.4, 0.5) is 4.39 Å². The van der Waals surface area contributed by atoms with E-state index in [4.69, 9.17) is 0 Å². The lowest BCUT2D eigenvalue weighted by atomic mass is 10.1. The third-order valence-electron chi connectivity index (χ3n) is 4.29. The summed E-state index contributed by atoms with van der Waals surface area (Å²) in [5.41, 5.74) is 0.868. The van der Waals surface area contributed by atoms with E-state index in [1.807, 2.05) is 30.3 Å². The zero-order chi connectivity index (χ0) is 21.2. The molecule has 1 heterocycles. The van der Waals surface area contributed by atoms with Crippen LogP contribution in [0, 0.1) is 5.82 Å². The molecular formula is C20H22BrFN4O2S. The van der Waals surface area contributed by atoms with E-state index in [9.17, 15) is 12.8 Å². The van der Waals surface area contributed by atoms with Gasteiger partial charge >= 0.3 is 0 Å². The first-order valence-corrected chi connectivity index (χ1v) is 11.2. The van der Waals surface area contributed by atoms with E-state index in [1.54, 1.807) is 31.6 Å². The van der Waals surface area contributed by atoms with Crippen LogP contribution in [0.2, 0.25) is 0 Å². The topological polar surface area (TPSA) is 68.1 Å². The van der Waals surface area contributed by atoms with Gasteiger partial charge < -0.3 is 0 Å². The van der Waals surface area contributed by atoms with E-state index in [-0.39, 0.29) is 15.9 Å². The summed E-state index contributed by atoms with van der Waals surface area (Å²) >= 11 is 3.17. The van der Waals surface area contributed by atoms with Crippen molar-refractivity contribution in [2.75, 3.05) is 0 Å². The standard InChI is InChI=1S/C20H22BrFN4O2S/c1-20(2,3)26(29(27,28)19-10-9-16(22)11-18(19)21)14-17-13-25(24-23-17)12-15-7-5-4-6-8-15/h4-11,13H,12,14H2,1-3H3. The molecule has 3 aromatic rings. The lowest BCUT2D eigenvalue weighted by Gasteiger charge is -2.34. The number of aromatic nitrogens is 3. The molecule has 0 saturated heterocycles. The zero-order valence-corrected chi connectivity index (χ0v) is 18.8. The Morgan fingerprint density at radius 2 is 1.83 bits per heavy atom. The van der Waals surface area contributed by atoms with Gasteiger partial charge in [-0.3, -0.25) is 0 Å². The number of rotatable bonds is 6. The van der Waals surface area contributed by atoms with Crippen LogP contribution in [0.3, 0.4) is 0 Å². The quantitative estimate of drug-likeness (QED) is 0.529. The summed E-state index contributed by atoms with van der Waals surface area (Å²) in [6.07, 6.45) is 1.74. The van der Waals surface area contributed by atoms with Gasteiger partial charge in [-0.05, 0) is 60.5 Å². The second kappa shape index (κ2) is 8.33. The Bertz CT molecular complexity index is 1100. The van der Waals surface area contributed by atoms with Gasteiger partial charge in [0.2, 0.25) is 10.0 Å². The lowest BCUT2D eigenvalue weighted by Crippen LogP contribution is -2.45. The SMILES string of the molecule is CC(C)(C)N(Cc1cn(Cc2ccccc2)nn1)S(=O)(=O)c1ccc(F)cc1Br. The molecular weight excluding hydrogens is 459 g/mol. The molecule has 0 amide bonds. The van der Waals surface area contributed by atoms with Gasteiger partial charge in [0.15, 0.2) is 0 Å². The van der Waals surface area contributed by atoms with Gasteiger partial charge in [-0.2, -0.15) is 4.31 Å². The van der Waals surface area contributed by atoms with E-state index in [2.05, 4.69) is 26.2 Å². The summed E-state index contributed by atoms with van der Waals surface area (Å²) < 4.78 is 43.3. The first kappa shape index (κ1) is 21.6. The Labute approximate surface area is 178 Å². The highest BCUT2D eigenvalue weighted by molar-refractivity contribution is 9.10. The molecule has 3 rings (SSSR count). The van der Waals surface area contributed by atoms with E-state index in [0.29, 0.717) is 12.2 Å². The average Bonchev–Trinajstić information content (AvgIpc) is 3.06. The van der Waals surface area contributed by atoms with Crippen molar-refractivity contribution in [3.8, 4) is 0 Å². The molecule has 0 atom stereocenters. The number of benzene rings is 2. The minimum absolute atomic E-state index is 0.00509. The second-order valence-corrected chi connectivity index (χ2v) is 10.3. The van der Waals surface area contributed by atoms with Crippen molar-refractivity contribution in [1.82, 2.24) is 19.3 Å².